The highest BCUT2D eigenvalue weighted by atomic mass is 35.5. The van der Waals surface area contributed by atoms with Crippen molar-refractivity contribution >= 4 is 23.2 Å². The second-order valence-corrected chi connectivity index (χ2v) is 5.26. The summed E-state index contributed by atoms with van der Waals surface area (Å²) in [5.74, 6) is 0.244. The minimum absolute atomic E-state index is 0.177. The van der Waals surface area contributed by atoms with Crippen molar-refractivity contribution in [2.24, 2.45) is 0 Å². The number of carbonyl (C=O) groups is 1. The number of benzene rings is 1. The number of amides is 1. The van der Waals surface area contributed by atoms with E-state index in [2.05, 4.69) is 10.3 Å². The average molecular weight is 321 g/mol. The molecule has 0 saturated carbocycles. The van der Waals surface area contributed by atoms with Crippen molar-refractivity contribution in [2.45, 2.75) is 26.6 Å². The van der Waals surface area contributed by atoms with E-state index >= 15 is 0 Å². The Hall–Kier alpha value is -2.11. The first kappa shape index (κ1) is 16.3. The van der Waals surface area contributed by atoms with Crippen LogP contribution in [0.5, 0.6) is 5.75 Å². The molecule has 0 spiro atoms. The third-order valence-electron chi connectivity index (χ3n) is 3.15. The fraction of sp³-hybridized carbons (Fsp3) is 0.250. The van der Waals surface area contributed by atoms with E-state index in [0.29, 0.717) is 22.0 Å². The van der Waals surface area contributed by atoms with Gasteiger partial charge < -0.3 is 15.2 Å². The third-order valence-corrected chi connectivity index (χ3v) is 3.58. The van der Waals surface area contributed by atoms with Crippen LogP contribution in [0, 0.1) is 6.92 Å². The average Bonchev–Trinajstić information content (AvgIpc) is 2.51. The van der Waals surface area contributed by atoms with Gasteiger partial charge in [-0.2, -0.15) is 0 Å². The molecule has 1 atom stereocenters. The minimum atomic E-state index is -0.702. The molecule has 1 amide bonds. The van der Waals surface area contributed by atoms with E-state index in [9.17, 15) is 9.90 Å². The molecule has 2 rings (SSSR count). The summed E-state index contributed by atoms with van der Waals surface area (Å²) in [5, 5.41) is 12.6. The molecule has 0 aliphatic carbocycles. The van der Waals surface area contributed by atoms with E-state index in [1.807, 2.05) is 6.92 Å². The van der Waals surface area contributed by atoms with Crippen molar-refractivity contribution in [3.63, 3.8) is 0 Å². The molecule has 2 aromatic rings. The number of ether oxygens (including phenoxy) is 1. The molecule has 116 valence electrons. The zero-order valence-electron chi connectivity index (χ0n) is 12.3. The summed E-state index contributed by atoms with van der Waals surface area (Å²) in [4.78, 5) is 16.1. The molecule has 0 aliphatic rings. The van der Waals surface area contributed by atoms with Gasteiger partial charge in [-0.05, 0) is 43.7 Å². The van der Waals surface area contributed by atoms with Gasteiger partial charge in [0.1, 0.15) is 5.75 Å². The molecule has 1 aromatic carbocycles. The van der Waals surface area contributed by atoms with E-state index < -0.39 is 6.10 Å². The summed E-state index contributed by atoms with van der Waals surface area (Å²) >= 11 is 5.95. The number of aliphatic hydroxyl groups excluding tert-OH is 1. The van der Waals surface area contributed by atoms with Crippen LogP contribution in [-0.2, 0) is 11.4 Å². The lowest BCUT2D eigenvalue weighted by Gasteiger charge is -2.16. The number of hydrogen-bond donors (Lipinski definition) is 2. The first-order valence-electron chi connectivity index (χ1n) is 6.78. The summed E-state index contributed by atoms with van der Waals surface area (Å²) in [6.45, 7) is 3.33. The van der Waals surface area contributed by atoms with Crippen LogP contribution in [-0.4, -0.2) is 22.1 Å². The first-order chi connectivity index (χ1) is 10.5. The van der Waals surface area contributed by atoms with E-state index in [-0.39, 0.29) is 12.5 Å². The number of carbonyl (C=O) groups excluding carboxylic acids is 1. The maximum Gasteiger partial charge on any atom is 0.265 e. The lowest BCUT2D eigenvalue weighted by molar-refractivity contribution is -0.122. The number of pyridine rings is 1. The Balaban J connectivity index is 2.04. The number of aliphatic hydroxyl groups is 1. The number of anilines is 1. The van der Waals surface area contributed by atoms with Crippen molar-refractivity contribution < 1.29 is 14.6 Å². The van der Waals surface area contributed by atoms with Gasteiger partial charge >= 0.3 is 0 Å². The van der Waals surface area contributed by atoms with Crippen LogP contribution < -0.4 is 10.1 Å². The molecule has 6 heteroatoms. The molecule has 1 heterocycles. The van der Waals surface area contributed by atoms with Gasteiger partial charge in [0.15, 0.2) is 6.10 Å². The van der Waals surface area contributed by atoms with Crippen molar-refractivity contribution in [3.8, 4) is 5.75 Å². The molecule has 22 heavy (non-hydrogen) atoms. The summed E-state index contributed by atoms with van der Waals surface area (Å²) in [6, 6.07) is 6.85. The Morgan fingerprint density at radius 3 is 2.91 bits per heavy atom. The number of nitrogens with one attached hydrogen (secondary N) is 1. The van der Waals surface area contributed by atoms with Crippen LogP contribution in [0.2, 0.25) is 5.02 Å². The number of aryl methyl sites for hydroxylation is 1. The van der Waals surface area contributed by atoms with Crippen molar-refractivity contribution in [1.29, 1.82) is 0 Å². The van der Waals surface area contributed by atoms with E-state index in [4.69, 9.17) is 16.3 Å². The molecule has 1 unspecified atom stereocenters. The zero-order chi connectivity index (χ0) is 16.1. The van der Waals surface area contributed by atoms with Crippen LogP contribution in [0.4, 0.5) is 5.69 Å². The molecule has 0 radical (unpaired) electrons. The van der Waals surface area contributed by atoms with Crippen molar-refractivity contribution in [2.75, 3.05) is 5.32 Å². The summed E-state index contributed by atoms with van der Waals surface area (Å²) in [5.41, 5.74) is 1.94. The monoisotopic (exact) mass is 320 g/mol. The van der Waals surface area contributed by atoms with Gasteiger partial charge in [-0.3, -0.25) is 9.78 Å². The smallest absolute Gasteiger partial charge is 0.265 e. The molecule has 0 aliphatic heterocycles. The largest absolute Gasteiger partial charge is 0.481 e. The van der Waals surface area contributed by atoms with Gasteiger partial charge in [-0.25, -0.2) is 0 Å². The van der Waals surface area contributed by atoms with Crippen molar-refractivity contribution in [1.82, 2.24) is 4.98 Å². The molecular weight excluding hydrogens is 304 g/mol. The molecule has 0 bridgehead atoms. The number of nitrogens with zero attached hydrogens (tertiary/aromatic N) is 1. The fourth-order valence-corrected chi connectivity index (χ4v) is 1.97. The van der Waals surface area contributed by atoms with Gasteiger partial charge in [0, 0.05) is 16.8 Å². The summed E-state index contributed by atoms with van der Waals surface area (Å²) in [7, 11) is 0. The van der Waals surface area contributed by atoms with E-state index in [1.54, 1.807) is 37.4 Å². The molecular formula is C16H17ClN2O3. The quantitative estimate of drug-likeness (QED) is 0.888. The SMILES string of the molecule is Cc1cc(OC(C)C(=O)Nc2cnccc2CO)ccc1Cl. The predicted molar refractivity (Wildman–Crippen MR) is 85.1 cm³/mol. The van der Waals surface area contributed by atoms with Crippen molar-refractivity contribution in [3.05, 3.63) is 52.8 Å². The highest BCUT2D eigenvalue weighted by Crippen LogP contribution is 2.22. The lowest BCUT2D eigenvalue weighted by Crippen LogP contribution is -2.30. The van der Waals surface area contributed by atoms with E-state index in [0.717, 1.165) is 5.56 Å². The van der Waals surface area contributed by atoms with Crippen LogP contribution in [0.1, 0.15) is 18.1 Å². The topological polar surface area (TPSA) is 71.5 Å². The van der Waals surface area contributed by atoms with Crippen LogP contribution >= 0.6 is 11.6 Å². The van der Waals surface area contributed by atoms with E-state index in [1.165, 1.54) is 6.20 Å². The third kappa shape index (κ3) is 3.96. The molecule has 5 nitrogen and oxygen atoms in total. The summed E-state index contributed by atoms with van der Waals surface area (Å²) in [6.07, 6.45) is 2.34. The van der Waals surface area contributed by atoms with Crippen LogP contribution in [0.3, 0.4) is 0 Å². The second-order valence-electron chi connectivity index (χ2n) is 4.85. The number of rotatable bonds is 5. The number of aromatic nitrogens is 1. The lowest BCUT2D eigenvalue weighted by atomic mass is 10.2. The molecule has 1 aromatic heterocycles. The normalized spacial score (nSPS) is 11.8. The molecule has 2 N–H and O–H groups in total. The zero-order valence-corrected chi connectivity index (χ0v) is 13.1. The maximum absolute atomic E-state index is 12.2. The van der Waals surface area contributed by atoms with Gasteiger partial charge in [-0.1, -0.05) is 11.6 Å². The Morgan fingerprint density at radius 2 is 2.23 bits per heavy atom. The standard InChI is InChI=1S/C16H17ClN2O3/c1-10-7-13(3-4-14(10)17)22-11(2)16(21)19-15-8-18-6-5-12(15)9-20/h3-8,11,20H,9H2,1-2H3,(H,19,21). The fourth-order valence-electron chi connectivity index (χ4n) is 1.86. The van der Waals surface area contributed by atoms with Crippen LogP contribution in [0.25, 0.3) is 0 Å². The van der Waals surface area contributed by atoms with Crippen LogP contribution in [0.15, 0.2) is 36.7 Å². The van der Waals surface area contributed by atoms with Gasteiger partial charge in [0.25, 0.3) is 5.91 Å². The molecule has 0 saturated heterocycles. The Labute approximate surface area is 133 Å². The predicted octanol–water partition coefficient (Wildman–Crippen LogP) is 2.94. The minimum Gasteiger partial charge on any atom is -0.481 e. The highest BCUT2D eigenvalue weighted by Gasteiger charge is 2.16. The Kier molecular flexibility index (Phi) is 5.35. The second kappa shape index (κ2) is 7.24. The first-order valence-corrected chi connectivity index (χ1v) is 7.16. The van der Waals surface area contributed by atoms with Gasteiger partial charge in [0.2, 0.25) is 0 Å². The molecule has 0 fully saturated rings. The number of halogens is 1. The Bertz CT molecular complexity index is 676. The highest BCUT2D eigenvalue weighted by molar-refractivity contribution is 6.31. The van der Waals surface area contributed by atoms with Gasteiger partial charge in [0.05, 0.1) is 18.5 Å². The maximum atomic E-state index is 12.2. The Morgan fingerprint density at radius 1 is 1.45 bits per heavy atom. The summed E-state index contributed by atoms with van der Waals surface area (Å²) < 4.78 is 5.60. The van der Waals surface area contributed by atoms with Gasteiger partial charge in [-0.15, -0.1) is 0 Å². The number of hydrogen-bond acceptors (Lipinski definition) is 4.